The van der Waals surface area contributed by atoms with Crippen LogP contribution in [0.25, 0.3) is 0 Å². The lowest BCUT2D eigenvalue weighted by molar-refractivity contribution is -0.870. The molecule has 0 amide bonds. The number of rotatable bonds is 26. The minimum absolute atomic E-state index is 0.0445. The summed E-state index contributed by atoms with van der Waals surface area (Å²) in [6.45, 7) is 4.57. The standard InChI is InChI=1S/C29H60NO6P/c1-5-6-7-8-9-10-11-12-13-14-15-16-17-18-19-20-24-33-27-29(22-21-25-34-29)28-36-37(31,32)35-26-23-30(2,3)4/h5-28H2,1-4H3/t29-/m1/s1. The average Bonchev–Trinajstić information content (AvgIpc) is 3.30. The van der Waals surface area contributed by atoms with Gasteiger partial charge in [0.05, 0.1) is 34.4 Å². The highest BCUT2D eigenvalue weighted by Gasteiger charge is 2.37. The highest BCUT2D eigenvalue weighted by Crippen LogP contribution is 2.41. The van der Waals surface area contributed by atoms with E-state index in [-0.39, 0.29) is 13.2 Å². The maximum atomic E-state index is 12.1. The van der Waals surface area contributed by atoms with Crippen molar-refractivity contribution in [3.05, 3.63) is 0 Å². The number of hydrogen-bond donors (Lipinski definition) is 0. The molecule has 1 aliphatic rings. The first kappa shape index (κ1) is 35.0. The molecule has 1 rings (SSSR count). The predicted octanol–water partition coefficient (Wildman–Crippen LogP) is 7.02. The van der Waals surface area contributed by atoms with Gasteiger partial charge in [0.2, 0.25) is 0 Å². The van der Waals surface area contributed by atoms with Crippen molar-refractivity contribution in [1.82, 2.24) is 0 Å². The molecule has 0 saturated carbocycles. The summed E-state index contributed by atoms with van der Waals surface area (Å²) in [5.41, 5.74) is -0.682. The number of quaternary nitrogens is 1. The molecule has 0 N–H and O–H groups in total. The van der Waals surface area contributed by atoms with E-state index in [1.54, 1.807) is 0 Å². The zero-order chi connectivity index (χ0) is 27.3. The molecule has 1 aliphatic heterocycles. The Morgan fingerprint density at radius 1 is 0.757 bits per heavy atom. The first-order chi connectivity index (χ1) is 17.7. The number of hydrogen-bond acceptors (Lipinski definition) is 6. The molecule has 1 heterocycles. The van der Waals surface area contributed by atoms with Crippen molar-refractivity contribution >= 4 is 7.82 Å². The molecule has 1 fully saturated rings. The van der Waals surface area contributed by atoms with Gasteiger partial charge in [0.1, 0.15) is 18.8 Å². The summed E-state index contributed by atoms with van der Waals surface area (Å²) < 4.78 is 34.7. The molecule has 7 nitrogen and oxygen atoms in total. The van der Waals surface area contributed by atoms with E-state index in [1.807, 2.05) is 21.1 Å². The SMILES string of the molecule is CCCCCCCCCCCCCCCCCCOC[C@@]1(COP(=O)([O-])OCC[N+](C)(C)C)CCCO1. The monoisotopic (exact) mass is 549 g/mol. The summed E-state index contributed by atoms with van der Waals surface area (Å²) in [6.07, 6.45) is 23.2. The quantitative estimate of drug-likeness (QED) is 0.0655. The van der Waals surface area contributed by atoms with Crippen molar-refractivity contribution < 1.29 is 32.5 Å². The molecule has 0 bridgehead atoms. The Kier molecular flexibility index (Phi) is 19.7. The molecule has 1 unspecified atom stereocenters. The van der Waals surface area contributed by atoms with Gasteiger partial charge in [-0.15, -0.1) is 0 Å². The number of phosphoric ester groups is 1. The number of unbranched alkanes of at least 4 members (excludes halogenated alkanes) is 15. The third-order valence-electron chi connectivity index (χ3n) is 7.19. The molecule has 0 aromatic rings. The Morgan fingerprint density at radius 2 is 1.27 bits per heavy atom. The van der Waals surface area contributed by atoms with E-state index >= 15 is 0 Å². The van der Waals surface area contributed by atoms with E-state index in [0.717, 1.165) is 19.3 Å². The second-order valence-electron chi connectivity index (χ2n) is 12.1. The Balaban J connectivity index is 1.99. The zero-order valence-corrected chi connectivity index (χ0v) is 25.7. The first-order valence-electron chi connectivity index (χ1n) is 15.3. The lowest BCUT2D eigenvalue weighted by atomic mass is 10.0. The van der Waals surface area contributed by atoms with Crippen LogP contribution in [-0.2, 0) is 23.1 Å². The van der Waals surface area contributed by atoms with E-state index in [1.165, 1.54) is 96.3 Å². The van der Waals surface area contributed by atoms with Crippen LogP contribution in [0, 0.1) is 0 Å². The van der Waals surface area contributed by atoms with E-state index in [9.17, 15) is 9.46 Å². The molecule has 0 radical (unpaired) electrons. The van der Waals surface area contributed by atoms with Crippen LogP contribution in [0.3, 0.4) is 0 Å². The van der Waals surface area contributed by atoms with Crippen LogP contribution in [0.4, 0.5) is 0 Å². The third kappa shape index (κ3) is 20.5. The van der Waals surface area contributed by atoms with Crippen LogP contribution < -0.4 is 4.89 Å². The molecule has 0 aromatic heterocycles. The van der Waals surface area contributed by atoms with Gasteiger partial charge in [0, 0.05) is 13.2 Å². The van der Waals surface area contributed by atoms with Crippen LogP contribution in [-0.4, -0.2) is 70.8 Å². The van der Waals surface area contributed by atoms with Crippen LogP contribution in [0.1, 0.15) is 122 Å². The summed E-state index contributed by atoms with van der Waals surface area (Å²) in [5, 5.41) is 0. The fourth-order valence-electron chi connectivity index (χ4n) is 4.70. The third-order valence-corrected chi connectivity index (χ3v) is 8.13. The van der Waals surface area contributed by atoms with Crippen molar-refractivity contribution in [3.8, 4) is 0 Å². The molecule has 37 heavy (non-hydrogen) atoms. The zero-order valence-electron chi connectivity index (χ0n) is 24.8. The molecule has 222 valence electrons. The summed E-state index contributed by atoms with van der Waals surface area (Å²) in [6, 6.07) is 0. The second kappa shape index (κ2) is 20.8. The largest absolute Gasteiger partial charge is 0.756 e. The minimum Gasteiger partial charge on any atom is -0.756 e. The summed E-state index contributed by atoms with van der Waals surface area (Å²) >= 11 is 0. The van der Waals surface area contributed by atoms with E-state index < -0.39 is 13.4 Å². The van der Waals surface area contributed by atoms with Crippen molar-refractivity contribution in [3.63, 3.8) is 0 Å². The Hall–Kier alpha value is -0.0100. The normalized spacial score (nSPS) is 19.9. The summed E-state index contributed by atoms with van der Waals surface area (Å²) in [5.74, 6) is 0. The lowest BCUT2D eigenvalue weighted by Gasteiger charge is -2.32. The van der Waals surface area contributed by atoms with Gasteiger partial charge in [-0.3, -0.25) is 4.57 Å². The van der Waals surface area contributed by atoms with Crippen LogP contribution in [0.5, 0.6) is 0 Å². The van der Waals surface area contributed by atoms with Gasteiger partial charge in [-0.25, -0.2) is 0 Å². The molecule has 8 heteroatoms. The van der Waals surface area contributed by atoms with Gasteiger partial charge in [-0.1, -0.05) is 103 Å². The fourth-order valence-corrected chi connectivity index (χ4v) is 5.47. The van der Waals surface area contributed by atoms with Crippen LogP contribution >= 0.6 is 7.82 Å². The van der Waals surface area contributed by atoms with E-state index in [4.69, 9.17) is 18.5 Å². The molecular formula is C29H60NO6P. The van der Waals surface area contributed by atoms with Crippen LogP contribution in [0.2, 0.25) is 0 Å². The number of likely N-dealkylation sites (N-methyl/N-ethyl adjacent to an activating group) is 1. The minimum atomic E-state index is -4.35. The highest BCUT2D eigenvalue weighted by atomic mass is 31.2. The average molecular weight is 550 g/mol. The van der Waals surface area contributed by atoms with Gasteiger partial charge in [-0.2, -0.15) is 0 Å². The van der Waals surface area contributed by atoms with Gasteiger partial charge < -0.3 is 27.9 Å². The fraction of sp³-hybridized carbons (Fsp3) is 1.00. The Morgan fingerprint density at radius 3 is 1.73 bits per heavy atom. The first-order valence-corrected chi connectivity index (χ1v) is 16.8. The van der Waals surface area contributed by atoms with Gasteiger partial charge in [0.25, 0.3) is 7.82 Å². The van der Waals surface area contributed by atoms with E-state index in [0.29, 0.717) is 30.8 Å². The Bertz CT molecular complexity index is 577. The van der Waals surface area contributed by atoms with E-state index in [2.05, 4.69) is 6.92 Å². The van der Waals surface area contributed by atoms with Gasteiger partial charge in [0.15, 0.2) is 0 Å². The van der Waals surface area contributed by atoms with Crippen molar-refractivity contribution in [2.24, 2.45) is 0 Å². The smallest absolute Gasteiger partial charge is 0.268 e. The predicted molar refractivity (Wildman–Crippen MR) is 151 cm³/mol. The number of phosphoric acid groups is 1. The molecule has 0 aliphatic carbocycles. The topological polar surface area (TPSA) is 77.1 Å². The lowest BCUT2D eigenvalue weighted by Crippen LogP contribution is -2.40. The maximum absolute atomic E-state index is 12.1. The number of ether oxygens (including phenoxy) is 2. The van der Waals surface area contributed by atoms with Crippen LogP contribution in [0.15, 0.2) is 0 Å². The van der Waals surface area contributed by atoms with Gasteiger partial charge in [-0.05, 0) is 19.3 Å². The van der Waals surface area contributed by atoms with Crippen molar-refractivity contribution in [1.29, 1.82) is 0 Å². The van der Waals surface area contributed by atoms with Crippen molar-refractivity contribution in [2.45, 2.75) is 128 Å². The molecule has 0 aromatic carbocycles. The second-order valence-corrected chi connectivity index (χ2v) is 13.5. The number of nitrogens with zero attached hydrogens (tertiary/aromatic N) is 1. The maximum Gasteiger partial charge on any atom is 0.268 e. The Labute approximate surface area is 229 Å². The highest BCUT2D eigenvalue weighted by molar-refractivity contribution is 7.45. The molecule has 2 atom stereocenters. The van der Waals surface area contributed by atoms with Crippen molar-refractivity contribution in [2.75, 3.05) is 60.7 Å². The molecular weight excluding hydrogens is 489 g/mol. The molecule has 0 spiro atoms. The van der Waals surface area contributed by atoms with Gasteiger partial charge >= 0.3 is 0 Å². The molecule has 1 saturated heterocycles. The summed E-state index contributed by atoms with van der Waals surface area (Å²) in [7, 11) is 1.60. The summed E-state index contributed by atoms with van der Waals surface area (Å²) in [4.78, 5) is 12.1.